The van der Waals surface area contributed by atoms with E-state index in [-0.39, 0.29) is 0 Å². The van der Waals surface area contributed by atoms with Gasteiger partial charge in [0.1, 0.15) is 0 Å². The molecule has 0 aliphatic rings. The number of nitrogens with zero attached hydrogens (tertiary/aromatic N) is 2. The number of fused-ring (bicyclic) bond motifs is 1. The third-order valence-corrected chi connectivity index (χ3v) is 3.42. The van der Waals surface area contributed by atoms with E-state index in [0.717, 1.165) is 21.6 Å². The van der Waals surface area contributed by atoms with Crippen LogP contribution < -0.4 is 5.32 Å². The summed E-state index contributed by atoms with van der Waals surface area (Å²) in [5, 5.41) is 4.28. The lowest BCUT2D eigenvalue weighted by atomic mass is 10.2. The van der Waals surface area contributed by atoms with Crippen molar-refractivity contribution in [1.82, 2.24) is 9.97 Å². The Labute approximate surface area is 126 Å². The van der Waals surface area contributed by atoms with Gasteiger partial charge in [0.25, 0.3) is 0 Å². The average Bonchev–Trinajstić information content (AvgIpc) is 2.47. The van der Waals surface area contributed by atoms with E-state index in [1.807, 2.05) is 48.5 Å². The summed E-state index contributed by atoms with van der Waals surface area (Å²) in [6.45, 7) is 0.615. The molecule has 1 heterocycles. The second kappa shape index (κ2) is 5.65. The Kier molecular flexibility index (Phi) is 3.72. The summed E-state index contributed by atoms with van der Waals surface area (Å²) in [5.74, 6) is 0.584. The number of benzene rings is 2. The highest BCUT2D eigenvalue weighted by Crippen LogP contribution is 2.21. The maximum atomic E-state index is 6.14. The van der Waals surface area contributed by atoms with Crippen LogP contribution in [0.3, 0.4) is 0 Å². The molecule has 5 heteroatoms. The van der Waals surface area contributed by atoms with Gasteiger partial charge in [-0.3, -0.25) is 0 Å². The van der Waals surface area contributed by atoms with Gasteiger partial charge in [-0.1, -0.05) is 47.5 Å². The predicted octanol–water partition coefficient (Wildman–Crippen LogP) is 4.55. The van der Waals surface area contributed by atoms with Gasteiger partial charge in [-0.25, -0.2) is 9.97 Å². The Morgan fingerprint density at radius 3 is 2.20 bits per heavy atom. The molecule has 0 aliphatic heterocycles. The van der Waals surface area contributed by atoms with E-state index in [1.165, 1.54) is 0 Å². The van der Waals surface area contributed by atoms with Gasteiger partial charge in [0.15, 0.2) is 11.0 Å². The van der Waals surface area contributed by atoms with Crippen molar-refractivity contribution in [3.05, 3.63) is 64.3 Å². The molecule has 3 rings (SSSR count). The zero-order chi connectivity index (χ0) is 13.9. The van der Waals surface area contributed by atoms with Crippen LogP contribution in [0.25, 0.3) is 11.0 Å². The molecule has 100 valence electrons. The third kappa shape index (κ3) is 2.84. The highest BCUT2D eigenvalue weighted by molar-refractivity contribution is 6.32. The van der Waals surface area contributed by atoms with Gasteiger partial charge in [-0.2, -0.15) is 0 Å². The fourth-order valence-corrected chi connectivity index (χ4v) is 2.21. The first-order chi connectivity index (χ1) is 9.72. The first-order valence-electron chi connectivity index (χ1n) is 6.13. The first-order valence-corrected chi connectivity index (χ1v) is 6.88. The fourth-order valence-electron chi connectivity index (χ4n) is 1.88. The molecule has 0 saturated carbocycles. The van der Waals surface area contributed by atoms with E-state index in [2.05, 4.69) is 15.3 Å². The summed E-state index contributed by atoms with van der Waals surface area (Å²) in [5.41, 5.74) is 2.70. The molecule has 0 unspecified atom stereocenters. The third-order valence-electron chi connectivity index (χ3n) is 2.90. The normalized spacial score (nSPS) is 10.7. The molecule has 0 aliphatic carbocycles. The summed E-state index contributed by atoms with van der Waals surface area (Å²) < 4.78 is 0. The SMILES string of the molecule is Clc1ccc(CNc2nc3ccccc3nc2Cl)cc1. The smallest absolute Gasteiger partial charge is 0.172 e. The molecule has 0 spiro atoms. The zero-order valence-electron chi connectivity index (χ0n) is 10.5. The van der Waals surface area contributed by atoms with Crippen molar-refractivity contribution in [3.8, 4) is 0 Å². The fraction of sp³-hybridized carbons (Fsp3) is 0.0667. The maximum Gasteiger partial charge on any atom is 0.172 e. The van der Waals surface area contributed by atoms with Gasteiger partial charge >= 0.3 is 0 Å². The van der Waals surface area contributed by atoms with Crippen molar-refractivity contribution in [3.63, 3.8) is 0 Å². The first kappa shape index (κ1) is 13.2. The Morgan fingerprint density at radius 1 is 0.850 bits per heavy atom. The molecule has 20 heavy (non-hydrogen) atoms. The van der Waals surface area contributed by atoms with E-state index in [9.17, 15) is 0 Å². The number of aromatic nitrogens is 2. The van der Waals surface area contributed by atoms with Crippen LogP contribution in [0.2, 0.25) is 10.2 Å². The molecule has 1 aromatic heterocycles. The molecule has 0 radical (unpaired) electrons. The van der Waals surface area contributed by atoms with Crippen molar-refractivity contribution >= 4 is 40.1 Å². The van der Waals surface area contributed by atoms with Gasteiger partial charge < -0.3 is 5.32 Å². The number of hydrogen-bond acceptors (Lipinski definition) is 3. The topological polar surface area (TPSA) is 37.8 Å². The molecule has 3 nitrogen and oxygen atoms in total. The summed E-state index contributed by atoms with van der Waals surface area (Å²) in [6, 6.07) is 15.2. The van der Waals surface area contributed by atoms with E-state index >= 15 is 0 Å². The number of para-hydroxylation sites is 2. The van der Waals surface area contributed by atoms with Crippen LogP contribution in [-0.4, -0.2) is 9.97 Å². The maximum absolute atomic E-state index is 6.14. The van der Waals surface area contributed by atoms with Crippen LogP contribution in [0.5, 0.6) is 0 Å². The van der Waals surface area contributed by atoms with Gasteiger partial charge in [0, 0.05) is 11.6 Å². The van der Waals surface area contributed by atoms with E-state index in [4.69, 9.17) is 23.2 Å². The van der Waals surface area contributed by atoms with Gasteiger partial charge in [0.05, 0.1) is 11.0 Å². The Balaban J connectivity index is 1.83. The van der Waals surface area contributed by atoms with Gasteiger partial charge in [-0.05, 0) is 29.8 Å². The van der Waals surface area contributed by atoms with Crippen LogP contribution in [0.4, 0.5) is 5.82 Å². The molecule has 0 bridgehead atoms. The summed E-state index contributed by atoms with van der Waals surface area (Å²) >= 11 is 12.0. The molecular weight excluding hydrogens is 293 g/mol. The Hall–Kier alpha value is -1.84. The number of halogens is 2. The van der Waals surface area contributed by atoms with Crippen molar-refractivity contribution in [2.45, 2.75) is 6.54 Å². The quantitative estimate of drug-likeness (QED) is 0.771. The molecule has 0 amide bonds. The number of anilines is 1. The van der Waals surface area contributed by atoms with Crippen LogP contribution in [-0.2, 0) is 6.54 Å². The van der Waals surface area contributed by atoms with E-state index < -0.39 is 0 Å². The largest absolute Gasteiger partial charge is 0.363 e. The van der Waals surface area contributed by atoms with Gasteiger partial charge in [-0.15, -0.1) is 0 Å². The van der Waals surface area contributed by atoms with Crippen LogP contribution >= 0.6 is 23.2 Å². The monoisotopic (exact) mass is 303 g/mol. The molecule has 0 atom stereocenters. The van der Waals surface area contributed by atoms with E-state index in [1.54, 1.807) is 0 Å². The molecular formula is C15H11Cl2N3. The highest BCUT2D eigenvalue weighted by Gasteiger charge is 2.06. The predicted molar refractivity (Wildman–Crippen MR) is 83.3 cm³/mol. The Bertz CT molecular complexity index is 742. The number of rotatable bonds is 3. The minimum absolute atomic E-state index is 0.373. The summed E-state index contributed by atoms with van der Waals surface area (Å²) in [7, 11) is 0. The number of hydrogen-bond donors (Lipinski definition) is 1. The number of nitrogens with one attached hydrogen (secondary N) is 1. The lowest BCUT2D eigenvalue weighted by Gasteiger charge is -2.08. The van der Waals surface area contributed by atoms with Crippen molar-refractivity contribution in [2.75, 3.05) is 5.32 Å². The lowest BCUT2D eigenvalue weighted by molar-refractivity contribution is 1.11. The Morgan fingerprint density at radius 2 is 1.50 bits per heavy atom. The summed E-state index contributed by atoms with van der Waals surface area (Å²) in [4.78, 5) is 8.80. The summed E-state index contributed by atoms with van der Waals surface area (Å²) in [6.07, 6.45) is 0. The highest BCUT2D eigenvalue weighted by atomic mass is 35.5. The zero-order valence-corrected chi connectivity index (χ0v) is 12.0. The molecule has 3 aromatic rings. The van der Waals surface area contributed by atoms with Crippen molar-refractivity contribution in [2.24, 2.45) is 0 Å². The van der Waals surface area contributed by atoms with Crippen LogP contribution in [0.1, 0.15) is 5.56 Å². The average molecular weight is 304 g/mol. The molecule has 0 saturated heterocycles. The van der Waals surface area contributed by atoms with Crippen molar-refractivity contribution in [1.29, 1.82) is 0 Å². The standard InChI is InChI=1S/C15H11Cl2N3/c16-11-7-5-10(6-8-11)9-18-15-14(17)19-12-3-1-2-4-13(12)20-15/h1-8H,9H2,(H,18,20). The molecule has 1 N–H and O–H groups in total. The van der Waals surface area contributed by atoms with E-state index in [0.29, 0.717) is 17.5 Å². The van der Waals surface area contributed by atoms with Crippen molar-refractivity contribution < 1.29 is 0 Å². The minimum atomic E-state index is 0.373. The molecule has 0 fully saturated rings. The minimum Gasteiger partial charge on any atom is -0.363 e. The van der Waals surface area contributed by atoms with Crippen LogP contribution in [0, 0.1) is 0 Å². The second-order valence-electron chi connectivity index (χ2n) is 4.33. The van der Waals surface area contributed by atoms with Crippen LogP contribution in [0.15, 0.2) is 48.5 Å². The second-order valence-corrected chi connectivity index (χ2v) is 5.13. The van der Waals surface area contributed by atoms with Gasteiger partial charge in [0.2, 0.25) is 0 Å². The lowest BCUT2D eigenvalue weighted by Crippen LogP contribution is -2.03. The molecule has 2 aromatic carbocycles.